The number of carbonyl (C=O) groups is 1. The second-order valence-electron chi connectivity index (χ2n) is 9.08. The van der Waals surface area contributed by atoms with Crippen LogP contribution in [0.25, 0.3) is 11.1 Å². The molecular formula is C24H30FN3O3S. The molecule has 172 valence electrons. The van der Waals surface area contributed by atoms with E-state index in [1.54, 1.807) is 18.2 Å². The average molecular weight is 460 g/mol. The van der Waals surface area contributed by atoms with Gasteiger partial charge in [-0.2, -0.15) is 0 Å². The number of halogens is 1. The van der Waals surface area contributed by atoms with Crippen molar-refractivity contribution in [2.45, 2.75) is 31.6 Å². The predicted molar refractivity (Wildman–Crippen MR) is 123 cm³/mol. The predicted octanol–water partition coefficient (Wildman–Crippen LogP) is 3.49. The van der Waals surface area contributed by atoms with Gasteiger partial charge in [-0.3, -0.25) is 9.10 Å². The Morgan fingerprint density at radius 3 is 2.56 bits per heavy atom. The minimum atomic E-state index is -3.92. The van der Waals surface area contributed by atoms with Crippen molar-refractivity contribution in [2.24, 2.45) is 11.8 Å². The highest BCUT2D eigenvalue weighted by molar-refractivity contribution is 7.93. The van der Waals surface area contributed by atoms with Crippen LogP contribution in [0.2, 0.25) is 0 Å². The van der Waals surface area contributed by atoms with Crippen LogP contribution < -0.4 is 9.62 Å². The molecule has 2 aromatic carbocycles. The standard InChI is InChI=1S/C24H30FN3O3S/c1-17-12-18(2)15-27(14-17)11-5-10-26-24(29)16-28-22-9-8-19(25)13-21(22)20-6-3-4-7-23(20)32(28,30)31/h3-4,6-9,13,17-18H,5,10-12,14-16H2,1-2H3,(H,26,29)/t17-,18+. The fourth-order valence-corrected chi connectivity index (χ4v) is 6.61. The highest BCUT2D eigenvalue weighted by Crippen LogP contribution is 2.42. The number of likely N-dealkylation sites (tertiary alicyclic amines) is 1. The number of hydrogen-bond acceptors (Lipinski definition) is 4. The van der Waals surface area contributed by atoms with E-state index in [0.29, 0.717) is 35.2 Å². The number of hydrogen-bond donors (Lipinski definition) is 1. The van der Waals surface area contributed by atoms with Crippen molar-refractivity contribution in [1.29, 1.82) is 0 Å². The molecular weight excluding hydrogens is 429 g/mol. The Bertz CT molecular complexity index is 1100. The number of nitrogens with one attached hydrogen (secondary N) is 1. The monoisotopic (exact) mass is 459 g/mol. The molecule has 2 aliphatic rings. The van der Waals surface area contributed by atoms with E-state index in [1.165, 1.54) is 30.7 Å². The lowest BCUT2D eigenvalue weighted by atomic mass is 9.92. The topological polar surface area (TPSA) is 69.7 Å². The van der Waals surface area contributed by atoms with Crippen LogP contribution in [0.3, 0.4) is 0 Å². The van der Waals surface area contributed by atoms with Crippen molar-refractivity contribution >= 4 is 21.6 Å². The van der Waals surface area contributed by atoms with E-state index in [4.69, 9.17) is 0 Å². The van der Waals surface area contributed by atoms with Gasteiger partial charge in [-0.25, -0.2) is 12.8 Å². The molecule has 0 aliphatic carbocycles. The number of piperidine rings is 1. The molecule has 4 rings (SSSR count). The number of carbonyl (C=O) groups excluding carboxylic acids is 1. The third-order valence-electron chi connectivity index (χ3n) is 6.18. The lowest BCUT2D eigenvalue weighted by Crippen LogP contribution is -2.43. The smallest absolute Gasteiger partial charge is 0.265 e. The minimum Gasteiger partial charge on any atom is -0.354 e. The Balaban J connectivity index is 1.42. The third-order valence-corrected chi connectivity index (χ3v) is 8.00. The number of rotatable bonds is 6. The molecule has 1 saturated heterocycles. The van der Waals surface area contributed by atoms with Gasteiger partial charge in [0.25, 0.3) is 10.0 Å². The Kier molecular flexibility index (Phi) is 6.53. The zero-order valence-electron chi connectivity index (χ0n) is 18.6. The molecule has 1 N–H and O–H groups in total. The highest BCUT2D eigenvalue weighted by atomic mass is 32.2. The molecule has 2 aliphatic heterocycles. The third kappa shape index (κ3) is 4.66. The molecule has 32 heavy (non-hydrogen) atoms. The summed E-state index contributed by atoms with van der Waals surface area (Å²) < 4.78 is 41.5. The molecule has 0 bridgehead atoms. The van der Waals surface area contributed by atoms with Gasteiger partial charge in [-0.05, 0) is 55.5 Å². The van der Waals surface area contributed by atoms with Crippen LogP contribution in [0.4, 0.5) is 10.1 Å². The summed E-state index contributed by atoms with van der Waals surface area (Å²) >= 11 is 0. The van der Waals surface area contributed by atoms with E-state index >= 15 is 0 Å². The fourth-order valence-electron chi connectivity index (χ4n) is 4.97. The van der Waals surface area contributed by atoms with Crippen molar-refractivity contribution in [1.82, 2.24) is 10.2 Å². The molecule has 0 saturated carbocycles. The average Bonchev–Trinajstić information content (AvgIpc) is 2.74. The zero-order valence-corrected chi connectivity index (χ0v) is 19.4. The van der Waals surface area contributed by atoms with Crippen molar-refractivity contribution in [3.8, 4) is 11.1 Å². The second-order valence-corrected chi connectivity index (χ2v) is 10.9. The first-order chi connectivity index (χ1) is 15.3. The zero-order chi connectivity index (χ0) is 22.9. The van der Waals surface area contributed by atoms with E-state index in [9.17, 15) is 17.6 Å². The summed E-state index contributed by atoms with van der Waals surface area (Å²) in [7, 11) is -3.92. The van der Waals surface area contributed by atoms with E-state index < -0.39 is 15.8 Å². The van der Waals surface area contributed by atoms with Crippen molar-refractivity contribution in [3.63, 3.8) is 0 Å². The molecule has 0 aromatic heterocycles. The normalized spacial score (nSPS) is 22.2. The van der Waals surface area contributed by atoms with E-state index in [1.807, 2.05) is 0 Å². The van der Waals surface area contributed by atoms with E-state index in [-0.39, 0.29) is 17.3 Å². The van der Waals surface area contributed by atoms with Gasteiger partial charge in [-0.15, -0.1) is 0 Å². The van der Waals surface area contributed by atoms with Gasteiger partial charge < -0.3 is 10.2 Å². The van der Waals surface area contributed by atoms with Crippen LogP contribution in [0.5, 0.6) is 0 Å². The van der Waals surface area contributed by atoms with Gasteiger partial charge in [0, 0.05) is 30.8 Å². The van der Waals surface area contributed by atoms with Crippen molar-refractivity contribution in [3.05, 3.63) is 48.3 Å². The van der Waals surface area contributed by atoms with Gasteiger partial charge >= 0.3 is 0 Å². The lowest BCUT2D eigenvalue weighted by molar-refractivity contribution is -0.119. The van der Waals surface area contributed by atoms with Crippen LogP contribution in [0.15, 0.2) is 47.4 Å². The quantitative estimate of drug-likeness (QED) is 0.672. The Morgan fingerprint density at radius 2 is 1.81 bits per heavy atom. The van der Waals surface area contributed by atoms with Crippen LogP contribution in [-0.2, 0) is 14.8 Å². The van der Waals surface area contributed by atoms with Crippen molar-refractivity contribution in [2.75, 3.05) is 37.0 Å². The molecule has 2 atom stereocenters. The number of anilines is 1. The van der Waals surface area contributed by atoms with Gasteiger partial charge in [0.05, 0.1) is 10.6 Å². The molecule has 0 spiro atoms. The maximum absolute atomic E-state index is 13.9. The second kappa shape index (κ2) is 9.19. The van der Waals surface area contributed by atoms with E-state index in [2.05, 4.69) is 24.1 Å². The van der Waals surface area contributed by atoms with Gasteiger partial charge in [0.2, 0.25) is 5.91 Å². The molecule has 6 nitrogen and oxygen atoms in total. The summed E-state index contributed by atoms with van der Waals surface area (Å²) in [6.45, 7) is 7.75. The molecule has 2 heterocycles. The highest BCUT2D eigenvalue weighted by Gasteiger charge is 2.36. The first kappa shape index (κ1) is 22.7. The lowest BCUT2D eigenvalue weighted by Gasteiger charge is -2.35. The van der Waals surface area contributed by atoms with Gasteiger partial charge in [0.15, 0.2) is 0 Å². The Hall–Kier alpha value is -2.45. The SMILES string of the molecule is C[C@@H]1C[C@H](C)CN(CCCNC(=O)CN2c3ccc(F)cc3-c3ccccc3S2(=O)=O)C1. The summed E-state index contributed by atoms with van der Waals surface area (Å²) in [6, 6.07) is 10.4. The number of fused-ring (bicyclic) bond motifs is 3. The van der Waals surface area contributed by atoms with Crippen LogP contribution in [0, 0.1) is 17.7 Å². The first-order valence-corrected chi connectivity index (χ1v) is 12.6. The summed E-state index contributed by atoms with van der Waals surface area (Å²) in [5.41, 5.74) is 1.23. The van der Waals surface area contributed by atoms with Crippen LogP contribution >= 0.6 is 0 Å². The minimum absolute atomic E-state index is 0.0826. The molecule has 1 amide bonds. The Morgan fingerprint density at radius 1 is 1.09 bits per heavy atom. The number of benzene rings is 2. The van der Waals surface area contributed by atoms with Gasteiger partial charge in [0.1, 0.15) is 12.4 Å². The summed E-state index contributed by atoms with van der Waals surface area (Å²) in [4.78, 5) is 15.2. The fraction of sp³-hybridized carbons (Fsp3) is 0.458. The summed E-state index contributed by atoms with van der Waals surface area (Å²) in [5.74, 6) is 0.545. The molecule has 1 fully saturated rings. The van der Waals surface area contributed by atoms with Crippen LogP contribution in [-0.4, -0.2) is 51.9 Å². The van der Waals surface area contributed by atoms with E-state index in [0.717, 1.165) is 30.4 Å². The molecule has 8 heteroatoms. The molecule has 0 unspecified atom stereocenters. The van der Waals surface area contributed by atoms with Gasteiger partial charge in [-0.1, -0.05) is 32.0 Å². The summed E-state index contributed by atoms with van der Waals surface area (Å²) in [5, 5.41) is 2.85. The molecule has 0 radical (unpaired) electrons. The first-order valence-electron chi connectivity index (χ1n) is 11.2. The number of amides is 1. The van der Waals surface area contributed by atoms with Crippen molar-refractivity contribution < 1.29 is 17.6 Å². The number of sulfonamides is 1. The summed E-state index contributed by atoms with van der Waals surface area (Å²) in [6.07, 6.45) is 2.06. The maximum Gasteiger partial charge on any atom is 0.265 e. The number of nitrogens with zero attached hydrogens (tertiary/aromatic N) is 2. The molecule has 2 aromatic rings. The maximum atomic E-state index is 13.9. The largest absolute Gasteiger partial charge is 0.354 e. The Labute approximate surface area is 189 Å². The van der Waals surface area contributed by atoms with Crippen LogP contribution in [0.1, 0.15) is 26.7 Å².